The van der Waals surface area contributed by atoms with Gasteiger partial charge in [-0.15, -0.1) is 0 Å². The van der Waals surface area contributed by atoms with Gasteiger partial charge in [0, 0.05) is 6.42 Å². The van der Waals surface area contributed by atoms with Crippen molar-refractivity contribution in [1.82, 2.24) is 5.32 Å². The Morgan fingerprint density at radius 1 is 1.26 bits per heavy atom. The van der Waals surface area contributed by atoms with E-state index in [2.05, 4.69) is 12.2 Å². The summed E-state index contributed by atoms with van der Waals surface area (Å²) in [6, 6.07) is 0. The molecule has 0 aliphatic carbocycles. The van der Waals surface area contributed by atoms with Crippen LogP contribution in [-0.2, 0) is 14.3 Å². The van der Waals surface area contributed by atoms with E-state index in [1.807, 2.05) is 27.7 Å². The molecule has 0 radical (unpaired) electrons. The maximum atomic E-state index is 11.6. The van der Waals surface area contributed by atoms with E-state index in [1.165, 1.54) is 0 Å². The molecule has 0 heterocycles. The molecule has 1 amide bonds. The predicted octanol–water partition coefficient (Wildman–Crippen LogP) is 1.45. The third-order valence-electron chi connectivity index (χ3n) is 2.94. The number of ether oxygens (including phenoxy) is 2. The van der Waals surface area contributed by atoms with Crippen molar-refractivity contribution in [2.45, 2.75) is 65.2 Å². The molecule has 0 aromatic rings. The largest absolute Gasteiger partial charge is 0.376 e. The number of carbonyl (C=O) groups is 1. The van der Waals surface area contributed by atoms with Crippen LogP contribution in [0.4, 0.5) is 0 Å². The second-order valence-corrected chi connectivity index (χ2v) is 5.43. The number of hydrogen-bond acceptors (Lipinski definition) is 4. The van der Waals surface area contributed by atoms with E-state index in [1.54, 1.807) is 0 Å². The smallest absolute Gasteiger partial charge is 0.237 e. The van der Waals surface area contributed by atoms with E-state index in [0.717, 1.165) is 13.0 Å². The summed E-state index contributed by atoms with van der Waals surface area (Å²) in [6.07, 6.45) is 1.68. The van der Waals surface area contributed by atoms with Crippen LogP contribution >= 0.6 is 0 Å². The highest BCUT2D eigenvalue weighted by molar-refractivity contribution is 5.84. The van der Waals surface area contributed by atoms with Gasteiger partial charge >= 0.3 is 0 Å². The second kappa shape index (κ2) is 9.28. The van der Waals surface area contributed by atoms with Crippen molar-refractivity contribution in [2.24, 2.45) is 5.73 Å². The SMILES string of the molecule is CCCNC(C)(CC(C)OCCOC(C)C)C(N)=O. The van der Waals surface area contributed by atoms with Gasteiger partial charge in [-0.25, -0.2) is 0 Å². The summed E-state index contributed by atoms with van der Waals surface area (Å²) in [4.78, 5) is 11.6. The molecular formula is C14H30N2O3. The lowest BCUT2D eigenvalue weighted by molar-refractivity contribution is -0.125. The monoisotopic (exact) mass is 274 g/mol. The predicted molar refractivity (Wildman–Crippen MR) is 77.0 cm³/mol. The van der Waals surface area contributed by atoms with Crippen LogP contribution in [0.5, 0.6) is 0 Å². The van der Waals surface area contributed by atoms with Crippen LogP contribution < -0.4 is 11.1 Å². The van der Waals surface area contributed by atoms with Crippen molar-refractivity contribution in [3.8, 4) is 0 Å². The molecule has 5 heteroatoms. The number of carbonyl (C=O) groups excluding carboxylic acids is 1. The van der Waals surface area contributed by atoms with Crippen molar-refractivity contribution >= 4 is 5.91 Å². The summed E-state index contributed by atoms with van der Waals surface area (Å²) in [5.74, 6) is -0.338. The minimum atomic E-state index is -0.714. The molecule has 0 aromatic carbocycles. The van der Waals surface area contributed by atoms with E-state index < -0.39 is 5.54 Å². The Kier molecular flexibility index (Phi) is 8.97. The van der Waals surface area contributed by atoms with Gasteiger partial charge in [-0.2, -0.15) is 0 Å². The van der Waals surface area contributed by atoms with Gasteiger partial charge in [0.15, 0.2) is 0 Å². The minimum Gasteiger partial charge on any atom is -0.376 e. The standard InChI is InChI=1S/C14H30N2O3/c1-6-7-16-14(5,13(15)17)10-12(4)19-9-8-18-11(2)3/h11-12,16H,6-10H2,1-5H3,(H2,15,17). The van der Waals surface area contributed by atoms with Crippen molar-refractivity contribution < 1.29 is 14.3 Å². The maximum Gasteiger partial charge on any atom is 0.237 e. The summed E-state index contributed by atoms with van der Waals surface area (Å²) in [5.41, 5.74) is 4.76. The maximum absolute atomic E-state index is 11.6. The third kappa shape index (κ3) is 8.18. The Balaban J connectivity index is 4.09. The highest BCUT2D eigenvalue weighted by Gasteiger charge is 2.32. The fourth-order valence-corrected chi connectivity index (χ4v) is 1.83. The first kappa shape index (κ1) is 18.4. The summed E-state index contributed by atoms with van der Waals surface area (Å²) < 4.78 is 11.0. The summed E-state index contributed by atoms with van der Waals surface area (Å²) >= 11 is 0. The number of nitrogens with two attached hydrogens (primary N) is 1. The summed E-state index contributed by atoms with van der Waals surface area (Å²) in [5, 5.41) is 3.20. The van der Waals surface area contributed by atoms with Gasteiger partial charge in [-0.1, -0.05) is 6.92 Å². The molecule has 3 N–H and O–H groups in total. The van der Waals surface area contributed by atoms with E-state index in [-0.39, 0.29) is 18.1 Å². The van der Waals surface area contributed by atoms with Crippen LogP contribution in [0.15, 0.2) is 0 Å². The number of primary amides is 1. The fraction of sp³-hybridized carbons (Fsp3) is 0.929. The second-order valence-electron chi connectivity index (χ2n) is 5.43. The van der Waals surface area contributed by atoms with Crippen LogP contribution in [0.2, 0.25) is 0 Å². The van der Waals surface area contributed by atoms with Gasteiger partial charge in [-0.05, 0) is 40.7 Å². The molecule has 114 valence electrons. The molecule has 2 unspecified atom stereocenters. The molecule has 0 spiro atoms. The average molecular weight is 274 g/mol. The molecule has 2 atom stereocenters. The zero-order chi connectivity index (χ0) is 14.9. The first-order valence-corrected chi connectivity index (χ1v) is 7.10. The van der Waals surface area contributed by atoms with Crippen molar-refractivity contribution in [3.63, 3.8) is 0 Å². The van der Waals surface area contributed by atoms with E-state index in [9.17, 15) is 4.79 Å². The Labute approximate surface area is 117 Å². The lowest BCUT2D eigenvalue weighted by Crippen LogP contribution is -2.55. The number of rotatable bonds is 11. The number of amides is 1. The molecule has 0 aliphatic rings. The van der Waals surface area contributed by atoms with E-state index in [4.69, 9.17) is 15.2 Å². The number of nitrogens with one attached hydrogen (secondary N) is 1. The summed E-state index contributed by atoms with van der Waals surface area (Å²) in [7, 11) is 0. The lowest BCUT2D eigenvalue weighted by Gasteiger charge is -2.30. The molecule has 0 rings (SSSR count). The Morgan fingerprint density at radius 2 is 1.84 bits per heavy atom. The van der Waals surface area contributed by atoms with Gasteiger partial charge in [0.1, 0.15) is 0 Å². The topological polar surface area (TPSA) is 73.6 Å². The Bertz CT molecular complexity index is 259. The van der Waals surface area contributed by atoms with Gasteiger partial charge in [0.25, 0.3) is 0 Å². The summed E-state index contributed by atoms with van der Waals surface area (Å²) in [6.45, 7) is 11.7. The molecule has 0 aliphatic heterocycles. The van der Waals surface area contributed by atoms with E-state index in [0.29, 0.717) is 19.6 Å². The zero-order valence-corrected chi connectivity index (χ0v) is 13.0. The van der Waals surface area contributed by atoms with Crippen LogP contribution in [0.1, 0.15) is 47.5 Å². The first-order valence-electron chi connectivity index (χ1n) is 7.10. The zero-order valence-electron chi connectivity index (χ0n) is 13.0. The van der Waals surface area contributed by atoms with Gasteiger partial charge in [0.2, 0.25) is 5.91 Å². The van der Waals surface area contributed by atoms with Crippen LogP contribution in [-0.4, -0.2) is 43.4 Å². The Morgan fingerprint density at radius 3 is 2.32 bits per heavy atom. The quantitative estimate of drug-likeness (QED) is 0.559. The molecular weight excluding hydrogens is 244 g/mol. The first-order chi connectivity index (χ1) is 8.81. The van der Waals surface area contributed by atoms with Gasteiger partial charge in [-0.3, -0.25) is 4.79 Å². The molecule has 19 heavy (non-hydrogen) atoms. The number of hydrogen-bond donors (Lipinski definition) is 2. The fourth-order valence-electron chi connectivity index (χ4n) is 1.83. The molecule has 0 saturated heterocycles. The van der Waals surface area contributed by atoms with Crippen LogP contribution in [0.3, 0.4) is 0 Å². The molecule has 0 saturated carbocycles. The normalized spacial score (nSPS) is 16.3. The highest BCUT2D eigenvalue weighted by atomic mass is 16.5. The average Bonchev–Trinajstić information content (AvgIpc) is 2.31. The van der Waals surface area contributed by atoms with E-state index >= 15 is 0 Å². The molecule has 5 nitrogen and oxygen atoms in total. The van der Waals surface area contributed by atoms with Gasteiger partial charge in [0.05, 0.1) is 31.0 Å². The molecule has 0 aromatic heterocycles. The molecule has 0 fully saturated rings. The molecule has 0 bridgehead atoms. The van der Waals surface area contributed by atoms with Crippen molar-refractivity contribution in [3.05, 3.63) is 0 Å². The third-order valence-corrected chi connectivity index (χ3v) is 2.94. The van der Waals surface area contributed by atoms with Crippen LogP contribution in [0, 0.1) is 0 Å². The highest BCUT2D eigenvalue weighted by Crippen LogP contribution is 2.14. The van der Waals surface area contributed by atoms with Gasteiger partial charge < -0.3 is 20.5 Å². The Hall–Kier alpha value is -0.650. The van der Waals surface area contributed by atoms with Crippen molar-refractivity contribution in [2.75, 3.05) is 19.8 Å². The van der Waals surface area contributed by atoms with Crippen LogP contribution in [0.25, 0.3) is 0 Å². The van der Waals surface area contributed by atoms with Crippen molar-refractivity contribution in [1.29, 1.82) is 0 Å². The minimum absolute atomic E-state index is 0.0439. The lowest BCUT2D eigenvalue weighted by atomic mass is 9.93.